The van der Waals surface area contributed by atoms with Crippen molar-refractivity contribution in [3.63, 3.8) is 0 Å². The number of nitrogens with zero attached hydrogens (tertiary/aromatic N) is 3. The Morgan fingerprint density at radius 2 is 2.10 bits per heavy atom. The molecule has 1 aliphatic rings. The van der Waals surface area contributed by atoms with Crippen LogP contribution in [0.3, 0.4) is 0 Å². The van der Waals surface area contributed by atoms with Gasteiger partial charge in [-0.1, -0.05) is 13.8 Å². The minimum absolute atomic E-state index is 0.361. The molecule has 1 fully saturated rings. The summed E-state index contributed by atoms with van der Waals surface area (Å²) in [7, 11) is 1.71. The Kier molecular flexibility index (Phi) is 6.26. The zero-order valence-corrected chi connectivity index (χ0v) is 14.1. The Hall–Kier alpha value is -0.850. The summed E-state index contributed by atoms with van der Waals surface area (Å²) >= 11 is 2.04. The fourth-order valence-electron chi connectivity index (χ4n) is 2.23. The first-order valence-corrected chi connectivity index (χ1v) is 8.49. The number of thioether (sulfide) groups is 1. The average molecular weight is 310 g/mol. The van der Waals surface area contributed by atoms with E-state index >= 15 is 0 Å². The molecule has 0 aromatic carbocycles. The Labute approximate surface area is 131 Å². The van der Waals surface area contributed by atoms with Gasteiger partial charge in [0.15, 0.2) is 0 Å². The van der Waals surface area contributed by atoms with Crippen LogP contribution >= 0.6 is 11.8 Å². The number of nitrogens with one attached hydrogen (secondary N) is 1. The summed E-state index contributed by atoms with van der Waals surface area (Å²) in [6, 6.07) is 0. The first-order valence-electron chi connectivity index (χ1n) is 7.50. The van der Waals surface area contributed by atoms with E-state index in [1.165, 1.54) is 6.42 Å². The predicted molar refractivity (Wildman–Crippen MR) is 89.0 cm³/mol. The van der Waals surface area contributed by atoms with E-state index in [9.17, 15) is 0 Å². The van der Waals surface area contributed by atoms with E-state index in [0.29, 0.717) is 4.75 Å². The van der Waals surface area contributed by atoms with Gasteiger partial charge < -0.3 is 15.0 Å². The SMILES string of the molecule is COCCNCc1cnc(N2CCSC(C)(C)CC2)nc1. The molecule has 0 spiro atoms. The molecule has 1 aromatic rings. The van der Waals surface area contributed by atoms with E-state index in [1.54, 1.807) is 7.11 Å². The van der Waals surface area contributed by atoms with Crippen LogP contribution in [0, 0.1) is 0 Å². The van der Waals surface area contributed by atoms with Gasteiger partial charge >= 0.3 is 0 Å². The molecule has 0 atom stereocenters. The van der Waals surface area contributed by atoms with E-state index in [2.05, 4.69) is 34.0 Å². The van der Waals surface area contributed by atoms with E-state index in [4.69, 9.17) is 4.74 Å². The van der Waals surface area contributed by atoms with Crippen molar-refractivity contribution in [2.45, 2.75) is 31.6 Å². The zero-order chi connectivity index (χ0) is 15.1. The first kappa shape index (κ1) is 16.5. The normalized spacial score (nSPS) is 18.5. The Morgan fingerprint density at radius 3 is 2.81 bits per heavy atom. The van der Waals surface area contributed by atoms with Crippen molar-refractivity contribution in [3.05, 3.63) is 18.0 Å². The van der Waals surface area contributed by atoms with Gasteiger partial charge in [-0.15, -0.1) is 0 Å². The third kappa shape index (κ3) is 5.45. The van der Waals surface area contributed by atoms with Gasteiger partial charge in [0.2, 0.25) is 5.95 Å². The zero-order valence-electron chi connectivity index (χ0n) is 13.3. The van der Waals surface area contributed by atoms with E-state index in [1.807, 2.05) is 24.2 Å². The summed E-state index contributed by atoms with van der Waals surface area (Å²) in [5.74, 6) is 1.99. The maximum absolute atomic E-state index is 5.00. The van der Waals surface area contributed by atoms with Crippen LogP contribution in [-0.4, -0.2) is 53.8 Å². The molecular formula is C15H26N4OS. The molecular weight excluding hydrogens is 284 g/mol. The lowest BCUT2D eigenvalue weighted by atomic mass is 10.1. The summed E-state index contributed by atoms with van der Waals surface area (Å²) in [4.78, 5) is 11.3. The molecule has 118 valence electrons. The largest absolute Gasteiger partial charge is 0.383 e. The maximum Gasteiger partial charge on any atom is 0.225 e. The molecule has 0 unspecified atom stereocenters. The van der Waals surface area contributed by atoms with Crippen LogP contribution in [0.2, 0.25) is 0 Å². The van der Waals surface area contributed by atoms with Crippen molar-refractivity contribution in [1.82, 2.24) is 15.3 Å². The Morgan fingerprint density at radius 1 is 1.33 bits per heavy atom. The highest BCUT2D eigenvalue weighted by Crippen LogP contribution is 2.31. The molecule has 0 bridgehead atoms. The van der Waals surface area contributed by atoms with Crippen molar-refractivity contribution >= 4 is 17.7 Å². The molecule has 0 aliphatic carbocycles. The second-order valence-corrected chi connectivity index (χ2v) is 7.71. The fraction of sp³-hybridized carbons (Fsp3) is 0.733. The highest BCUT2D eigenvalue weighted by Gasteiger charge is 2.24. The van der Waals surface area contributed by atoms with Crippen molar-refractivity contribution < 1.29 is 4.74 Å². The standard InChI is InChI=1S/C15H26N4OS/c1-15(2)4-6-19(7-9-21-15)14-17-11-13(12-18-14)10-16-5-8-20-3/h11-12,16H,4-10H2,1-3H3. The monoisotopic (exact) mass is 310 g/mol. The highest BCUT2D eigenvalue weighted by molar-refractivity contribution is 8.00. The van der Waals surface area contributed by atoms with Crippen LogP contribution in [0.4, 0.5) is 5.95 Å². The van der Waals surface area contributed by atoms with Gasteiger partial charge in [-0.3, -0.25) is 0 Å². The van der Waals surface area contributed by atoms with Gasteiger partial charge in [0.1, 0.15) is 0 Å². The van der Waals surface area contributed by atoms with Crippen LogP contribution < -0.4 is 10.2 Å². The first-order chi connectivity index (χ1) is 10.1. The molecule has 1 aromatic heterocycles. The molecule has 0 radical (unpaired) electrons. The van der Waals surface area contributed by atoms with Crippen LogP contribution in [0.1, 0.15) is 25.8 Å². The number of methoxy groups -OCH3 is 1. The molecule has 21 heavy (non-hydrogen) atoms. The maximum atomic E-state index is 5.00. The summed E-state index contributed by atoms with van der Waals surface area (Å²) in [6.45, 7) is 9.04. The molecule has 0 amide bonds. The molecule has 1 aliphatic heterocycles. The summed E-state index contributed by atoms with van der Waals surface area (Å²) in [6.07, 6.45) is 5.01. The van der Waals surface area contributed by atoms with Gasteiger partial charge in [0, 0.05) is 61.7 Å². The summed E-state index contributed by atoms with van der Waals surface area (Å²) in [5, 5.41) is 3.30. The second kappa shape index (κ2) is 7.96. The van der Waals surface area contributed by atoms with E-state index < -0.39 is 0 Å². The quantitative estimate of drug-likeness (QED) is 0.810. The minimum Gasteiger partial charge on any atom is -0.383 e. The second-order valence-electron chi connectivity index (χ2n) is 5.91. The average Bonchev–Trinajstić information content (AvgIpc) is 2.65. The molecule has 5 nitrogen and oxygen atoms in total. The predicted octanol–water partition coefficient (Wildman–Crippen LogP) is 1.93. The lowest BCUT2D eigenvalue weighted by Crippen LogP contribution is -2.28. The highest BCUT2D eigenvalue weighted by atomic mass is 32.2. The van der Waals surface area contributed by atoms with Crippen molar-refractivity contribution in [2.75, 3.05) is 44.0 Å². The number of aromatic nitrogens is 2. The third-order valence-electron chi connectivity index (χ3n) is 3.62. The van der Waals surface area contributed by atoms with Crippen LogP contribution in [0.25, 0.3) is 0 Å². The van der Waals surface area contributed by atoms with Crippen molar-refractivity contribution in [2.24, 2.45) is 0 Å². The smallest absolute Gasteiger partial charge is 0.225 e. The summed E-state index contributed by atoms with van der Waals surface area (Å²) < 4.78 is 5.37. The molecule has 6 heteroatoms. The fourth-order valence-corrected chi connectivity index (χ4v) is 3.33. The van der Waals surface area contributed by atoms with E-state index in [0.717, 1.165) is 50.1 Å². The lowest BCUT2D eigenvalue weighted by molar-refractivity contribution is 0.199. The number of rotatable bonds is 6. The van der Waals surface area contributed by atoms with Gasteiger partial charge in [-0.2, -0.15) is 11.8 Å². The lowest BCUT2D eigenvalue weighted by Gasteiger charge is -2.22. The molecule has 2 heterocycles. The third-order valence-corrected chi connectivity index (χ3v) is 5.00. The Balaban J connectivity index is 1.86. The summed E-state index contributed by atoms with van der Waals surface area (Å²) in [5.41, 5.74) is 1.11. The van der Waals surface area contributed by atoms with Crippen LogP contribution in [-0.2, 0) is 11.3 Å². The minimum atomic E-state index is 0.361. The van der Waals surface area contributed by atoms with Crippen molar-refractivity contribution in [1.29, 1.82) is 0 Å². The topological polar surface area (TPSA) is 50.3 Å². The molecule has 2 rings (SSSR count). The van der Waals surface area contributed by atoms with E-state index in [-0.39, 0.29) is 0 Å². The van der Waals surface area contributed by atoms with Gasteiger partial charge in [-0.25, -0.2) is 9.97 Å². The Bertz CT molecular complexity index is 424. The molecule has 1 saturated heterocycles. The number of hydrogen-bond donors (Lipinski definition) is 1. The molecule has 1 N–H and O–H groups in total. The van der Waals surface area contributed by atoms with Gasteiger partial charge in [0.25, 0.3) is 0 Å². The number of anilines is 1. The number of ether oxygens (including phenoxy) is 1. The number of hydrogen-bond acceptors (Lipinski definition) is 6. The van der Waals surface area contributed by atoms with Crippen LogP contribution in [0.15, 0.2) is 12.4 Å². The molecule has 0 saturated carbocycles. The van der Waals surface area contributed by atoms with Crippen molar-refractivity contribution in [3.8, 4) is 0 Å². The van der Waals surface area contributed by atoms with Gasteiger partial charge in [-0.05, 0) is 6.42 Å². The van der Waals surface area contributed by atoms with Gasteiger partial charge in [0.05, 0.1) is 6.61 Å². The van der Waals surface area contributed by atoms with Crippen LogP contribution in [0.5, 0.6) is 0 Å².